The Kier molecular flexibility index (Phi) is 2.95. The average molecular weight is 232 g/mol. The zero-order valence-electron chi connectivity index (χ0n) is 9.70. The molecule has 2 rings (SSSR count). The maximum absolute atomic E-state index is 13.5. The minimum Gasteiger partial charge on any atom is -0.494 e. The second-order valence-corrected chi connectivity index (χ2v) is 3.78. The molecule has 88 valence electrons. The molecule has 17 heavy (non-hydrogen) atoms. The number of benzene rings is 1. The zero-order valence-corrected chi connectivity index (χ0v) is 9.70. The van der Waals surface area contributed by atoms with E-state index in [9.17, 15) is 4.39 Å². The molecule has 0 atom stereocenters. The van der Waals surface area contributed by atoms with Crippen LogP contribution in [-0.4, -0.2) is 12.1 Å². The third-order valence-electron chi connectivity index (χ3n) is 2.60. The summed E-state index contributed by atoms with van der Waals surface area (Å²) in [7, 11) is 1.44. The summed E-state index contributed by atoms with van der Waals surface area (Å²) in [5.74, 6) is 0.330. The van der Waals surface area contributed by atoms with Crippen LogP contribution in [0.5, 0.6) is 5.75 Å². The highest BCUT2D eigenvalue weighted by Crippen LogP contribution is 2.26. The van der Waals surface area contributed by atoms with Crippen LogP contribution >= 0.6 is 0 Å². The van der Waals surface area contributed by atoms with Crippen molar-refractivity contribution in [2.45, 2.75) is 6.92 Å². The van der Waals surface area contributed by atoms with E-state index >= 15 is 0 Å². The number of ether oxygens (including phenoxy) is 1. The third-order valence-corrected chi connectivity index (χ3v) is 2.60. The summed E-state index contributed by atoms with van der Waals surface area (Å²) in [6.45, 7) is 1.87. The van der Waals surface area contributed by atoms with E-state index in [4.69, 9.17) is 10.5 Å². The van der Waals surface area contributed by atoms with E-state index in [1.54, 1.807) is 18.3 Å². The second kappa shape index (κ2) is 4.41. The lowest BCUT2D eigenvalue weighted by Gasteiger charge is -2.07. The molecule has 0 unspecified atom stereocenters. The van der Waals surface area contributed by atoms with Crippen LogP contribution in [-0.2, 0) is 0 Å². The van der Waals surface area contributed by atoms with E-state index in [1.165, 1.54) is 13.2 Å². The standard InChI is InChI=1S/C13H13FN2O/c1-8-5-10(7-16-13(8)15)9-3-4-12(17-2)11(14)6-9/h3-7H,1-2H3,(H2,15,16). The van der Waals surface area contributed by atoms with Gasteiger partial charge in [0.25, 0.3) is 0 Å². The SMILES string of the molecule is COc1ccc(-c2cnc(N)c(C)c2)cc1F. The number of nitrogens with zero attached hydrogens (tertiary/aromatic N) is 1. The first kappa shape index (κ1) is 11.4. The number of aryl methyl sites for hydroxylation is 1. The number of anilines is 1. The molecule has 0 radical (unpaired) electrons. The number of rotatable bonds is 2. The minimum absolute atomic E-state index is 0.230. The van der Waals surface area contributed by atoms with Crippen LogP contribution in [0.15, 0.2) is 30.5 Å². The Morgan fingerprint density at radius 1 is 1.24 bits per heavy atom. The zero-order chi connectivity index (χ0) is 12.4. The fourth-order valence-corrected chi connectivity index (χ4v) is 1.59. The summed E-state index contributed by atoms with van der Waals surface area (Å²) in [6, 6.07) is 6.68. The van der Waals surface area contributed by atoms with Crippen LogP contribution in [0.4, 0.5) is 10.2 Å². The van der Waals surface area contributed by atoms with Crippen molar-refractivity contribution in [2.75, 3.05) is 12.8 Å². The van der Waals surface area contributed by atoms with Crippen molar-refractivity contribution in [3.05, 3.63) is 41.8 Å². The molecule has 1 heterocycles. The fraction of sp³-hybridized carbons (Fsp3) is 0.154. The molecule has 0 amide bonds. The molecule has 0 spiro atoms. The lowest BCUT2D eigenvalue weighted by Crippen LogP contribution is -1.94. The van der Waals surface area contributed by atoms with Crippen LogP contribution in [0.2, 0.25) is 0 Å². The summed E-state index contributed by atoms with van der Waals surface area (Å²) in [4.78, 5) is 4.05. The Morgan fingerprint density at radius 2 is 2.00 bits per heavy atom. The van der Waals surface area contributed by atoms with Crippen LogP contribution in [0.1, 0.15) is 5.56 Å². The highest BCUT2D eigenvalue weighted by Gasteiger charge is 2.06. The molecular formula is C13H13FN2O. The van der Waals surface area contributed by atoms with Gasteiger partial charge in [-0.05, 0) is 36.2 Å². The molecular weight excluding hydrogens is 219 g/mol. The number of nitrogens with two attached hydrogens (primary N) is 1. The molecule has 3 nitrogen and oxygen atoms in total. The van der Waals surface area contributed by atoms with Crippen molar-refractivity contribution in [1.82, 2.24) is 4.98 Å². The Bertz CT molecular complexity index is 555. The first-order chi connectivity index (χ1) is 8.11. The van der Waals surface area contributed by atoms with E-state index in [-0.39, 0.29) is 11.6 Å². The van der Waals surface area contributed by atoms with Crippen LogP contribution in [0.25, 0.3) is 11.1 Å². The van der Waals surface area contributed by atoms with Gasteiger partial charge in [-0.3, -0.25) is 0 Å². The second-order valence-electron chi connectivity index (χ2n) is 3.78. The lowest BCUT2D eigenvalue weighted by atomic mass is 10.1. The van der Waals surface area contributed by atoms with Crippen molar-refractivity contribution in [2.24, 2.45) is 0 Å². The van der Waals surface area contributed by atoms with Gasteiger partial charge in [-0.25, -0.2) is 9.37 Å². The fourth-order valence-electron chi connectivity index (χ4n) is 1.59. The molecule has 4 heteroatoms. The number of methoxy groups -OCH3 is 1. The first-order valence-corrected chi connectivity index (χ1v) is 5.18. The number of aromatic nitrogens is 1. The highest BCUT2D eigenvalue weighted by molar-refractivity contribution is 5.66. The maximum Gasteiger partial charge on any atom is 0.165 e. The van der Waals surface area contributed by atoms with Crippen molar-refractivity contribution in [3.8, 4) is 16.9 Å². The van der Waals surface area contributed by atoms with E-state index in [0.29, 0.717) is 5.82 Å². The summed E-state index contributed by atoms with van der Waals surface area (Å²) >= 11 is 0. The number of hydrogen-bond donors (Lipinski definition) is 1. The molecule has 0 aliphatic rings. The molecule has 0 aliphatic heterocycles. The molecule has 0 saturated heterocycles. The minimum atomic E-state index is -0.389. The maximum atomic E-state index is 13.5. The highest BCUT2D eigenvalue weighted by atomic mass is 19.1. The van der Waals surface area contributed by atoms with Gasteiger partial charge in [-0.2, -0.15) is 0 Å². The molecule has 0 aliphatic carbocycles. The van der Waals surface area contributed by atoms with E-state index < -0.39 is 0 Å². The van der Waals surface area contributed by atoms with Crippen molar-refractivity contribution in [3.63, 3.8) is 0 Å². The van der Waals surface area contributed by atoms with Crippen molar-refractivity contribution < 1.29 is 9.13 Å². The molecule has 0 fully saturated rings. The normalized spacial score (nSPS) is 10.3. The van der Waals surface area contributed by atoms with Gasteiger partial charge in [0.05, 0.1) is 7.11 Å². The van der Waals surface area contributed by atoms with Crippen molar-refractivity contribution in [1.29, 1.82) is 0 Å². The van der Waals surface area contributed by atoms with Crippen LogP contribution in [0.3, 0.4) is 0 Å². The smallest absolute Gasteiger partial charge is 0.165 e. The van der Waals surface area contributed by atoms with Gasteiger partial charge in [0.1, 0.15) is 5.82 Å². The Morgan fingerprint density at radius 3 is 2.59 bits per heavy atom. The van der Waals surface area contributed by atoms with Gasteiger partial charge < -0.3 is 10.5 Å². The topological polar surface area (TPSA) is 48.1 Å². The number of hydrogen-bond acceptors (Lipinski definition) is 3. The Hall–Kier alpha value is -2.10. The predicted molar refractivity (Wildman–Crippen MR) is 65.3 cm³/mol. The molecule has 2 N–H and O–H groups in total. The molecule has 1 aromatic carbocycles. The number of pyridine rings is 1. The Labute approximate surface area is 99.1 Å². The molecule has 0 saturated carbocycles. The molecule has 0 bridgehead atoms. The summed E-state index contributed by atoms with van der Waals surface area (Å²) in [6.07, 6.45) is 1.63. The summed E-state index contributed by atoms with van der Waals surface area (Å²) in [5, 5.41) is 0. The first-order valence-electron chi connectivity index (χ1n) is 5.18. The van der Waals surface area contributed by atoms with Crippen molar-refractivity contribution >= 4 is 5.82 Å². The Balaban J connectivity index is 2.46. The van der Waals surface area contributed by atoms with Gasteiger partial charge in [0.2, 0.25) is 0 Å². The largest absolute Gasteiger partial charge is 0.494 e. The summed E-state index contributed by atoms with van der Waals surface area (Å²) < 4.78 is 18.4. The molecule has 2 aromatic rings. The van der Waals surface area contributed by atoms with Gasteiger partial charge in [0, 0.05) is 11.8 Å². The quantitative estimate of drug-likeness (QED) is 0.866. The van der Waals surface area contributed by atoms with E-state index in [0.717, 1.165) is 16.7 Å². The lowest BCUT2D eigenvalue weighted by molar-refractivity contribution is 0.386. The summed E-state index contributed by atoms with van der Waals surface area (Å²) in [5.41, 5.74) is 8.09. The van der Waals surface area contributed by atoms with Gasteiger partial charge in [-0.1, -0.05) is 6.07 Å². The van der Waals surface area contributed by atoms with Crippen LogP contribution in [0, 0.1) is 12.7 Å². The van der Waals surface area contributed by atoms with Crippen LogP contribution < -0.4 is 10.5 Å². The third kappa shape index (κ3) is 2.20. The number of halogens is 1. The molecule has 1 aromatic heterocycles. The van der Waals surface area contributed by atoms with Gasteiger partial charge >= 0.3 is 0 Å². The van der Waals surface area contributed by atoms with E-state index in [1.807, 2.05) is 13.0 Å². The average Bonchev–Trinajstić information content (AvgIpc) is 2.32. The number of nitrogen functional groups attached to an aromatic ring is 1. The van der Waals surface area contributed by atoms with Gasteiger partial charge in [0.15, 0.2) is 11.6 Å². The monoisotopic (exact) mass is 232 g/mol. The van der Waals surface area contributed by atoms with Gasteiger partial charge in [-0.15, -0.1) is 0 Å². The predicted octanol–water partition coefficient (Wildman–Crippen LogP) is 2.79. The van der Waals surface area contributed by atoms with E-state index in [2.05, 4.69) is 4.98 Å².